The van der Waals surface area contributed by atoms with E-state index in [4.69, 9.17) is 0 Å². The number of nitrogens with one attached hydrogen (secondary N) is 1. The maximum atomic E-state index is 12.7. The minimum atomic E-state index is -0.0822. The summed E-state index contributed by atoms with van der Waals surface area (Å²) in [7, 11) is 1.85. The number of nitrogens with zero attached hydrogens (tertiary/aromatic N) is 5. The molecule has 0 aliphatic heterocycles. The van der Waals surface area contributed by atoms with E-state index >= 15 is 0 Å². The lowest BCUT2D eigenvalue weighted by molar-refractivity contribution is 0.0953. The zero-order valence-electron chi connectivity index (χ0n) is 13.9. The third kappa shape index (κ3) is 2.77. The first-order chi connectivity index (χ1) is 11.6. The van der Waals surface area contributed by atoms with Crippen LogP contribution in [0.4, 0.5) is 0 Å². The number of fused-ring (bicyclic) bond motifs is 1. The van der Waals surface area contributed by atoms with E-state index < -0.39 is 0 Å². The third-order valence-electron chi connectivity index (χ3n) is 4.37. The highest BCUT2D eigenvalue weighted by atomic mass is 16.1. The van der Waals surface area contributed by atoms with Gasteiger partial charge in [0.1, 0.15) is 0 Å². The van der Waals surface area contributed by atoms with Crippen LogP contribution in [0.1, 0.15) is 40.5 Å². The molecule has 124 valence electrons. The van der Waals surface area contributed by atoms with Crippen LogP contribution in [0.3, 0.4) is 0 Å². The van der Waals surface area contributed by atoms with Crippen LogP contribution < -0.4 is 5.32 Å². The van der Waals surface area contributed by atoms with Crippen molar-refractivity contribution < 1.29 is 4.79 Å². The Kier molecular flexibility index (Phi) is 3.55. The normalized spacial score (nSPS) is 14.2. The lowest BCUT2D eigenvalue weighted by atomic mass is 10.1. The molecule has 0 aromatic carbocycles. The third-order valence-corrected chi connectivity index (χ3v) is 4.37. The molecular formula is C17H20N6O. The molecule has 1 saturated carbocycles. The first-order valence-corrected chi connectivity index (χ1v) is 8.23. The summed E-state index contributed by atoms with van der Waals surface area (Å²) < 4.78 is 3.56. The molecule has 24 heavy (non-hydrogen) atoms. The molecule has 0 saturated heterocycles. The Morgan fingerprint density at radius 3 is 2.96 bits per heavy atom. The summed E-state index contributed by atoms with van der Waals surface area (Å²) in [5, 5.41) is 12.4. The second kappa shape index (κ2) is 5.74. The lowest BCUT2D eigenvalue weighted by Crippen LogP contribution is -2.27. The maximum absolute atomic E-state index is 12.7. The van der Waals surface area contributed by atoms with Gasteiger partial charge in [0.2, 0.25) is 0 Å². The minimum Gasteiger partial charge on any atom is -0.350 e. The van der Waals surface area contributed by atoms with Crippen LogP contribution in [0, 0.1) is 6.92 Å². The van der Waals surface area contributed by atoms with E-state index in [1.165, 1.54) is 0 Å². The molecule has 0 atom stereocenters. The molecule has 1 aliphatic carbocycles. The number of hydrogen-bond donors (Lipinski definition) is 1. The van der Waals surface area contributed by atoms with Gasteiger partial charge in [-0.2, -0.15) is 10.2 Å². The van der Waals surface area contributed by atoms with Crippen LogP contribution >= 0.6 is 0 Å². The van der Waals surface area contributed by atoms with Gasteiger partial charge in [-0.15, -0.1) is 0 Å². The van der Waals surface area contributed by atoms with Gasteiger partial charge >= 0.3 is 0 Å². The van der Waals surface area contributed by atoms with Crippen molar-refractivity contribution in [2.45, 2.75) is 32.2 Å². The molecule has 1 N–H and O–H groups in total. The molecule has 3 aromatic rings. The van der Waals surface area contributed by atoms with Gasteiger partial charge < -0.3 is 5.32 Å². The second-order valence-electron chi connectivity index (χ2n) is 6.35. The summed E-state index contributed by atoms with van der Waals surface area (Å²) in [4.78, 5) is 17.3. The molecular weight excluding hydrogens is 304 g/mol. The van der Waals surface area contributed by atoms with Gasteiger partial charge in [-0.1, -0.05) is 0 Å². The quantitative estimate of drug-likeness (QED) is 0.776. The van der Waals surface area contributed by atoms with Crippen molar-refractivity contribution in [3.63, 3.8) is 0 Å². The van der Waals surface area contributed by atoms with E-state index in [2.05, 4.69) is 20.5 Å². The monoisotopic (exact) mass is 324 g/mol. The van der Waals surface area contributed by atoms with Crippen molar-refractivity contribution in [1.29, 1.82) is 0 Å². The highest BCUT2D eigenvalue weighted by Gasteiger charge is 2.27. The first-order valence-electron chi connectivity index (χ1n) is 8.23. The van der Waals surface area contributed by atoms with E-state index in [0.29, 0.717) is 24.6 Å². The molecule has 7 nitrogen and oxygen atoms in total. The molecule has 0 unspecified atom stereocenters. The predicted molar refractivity (Wildman–Crippen MR) is 89.8 cm³/mol. The zero-order valence-corrected chi connectivity index (χ0v) is 13.9. The number of aryl methyl sites for hydroxylation is 2. The standard InChI is InChI=1S/C17H20N6O/c1-11-5-7-23(21-11)8-6-18-17(24)13-9-15(12-3-4-12)20-16-14(13)10-19-22(16)2/h5,7,9-10,12H,3-4,6,8H2,1-2H3,(H,18,24). The summed E-state index contributed by atoms with van der Waals surface area (Å²) in [6, 6.07) is 3.88. The fourth-order valence-electron chi connectivity index (χ4n) is 2.88. The second-order valence-corrected chi connectivity index (χ2v) is 6.35. The molecule has 1 aliphatic rings. The Hall–Kier alpha value is -2.70. The molecule has 1 fully saturated rings. The van der Waals surface area contributed by atoms with Gasteiger partial charge in [0.25, 0.3) is 5.91 Å². The number of carbonyl (C=O) groups excluding carboxylic acids is 1. The topological polar surface area (TPSA) is 77.6 Å². The summed E-state index contributed by atoms with van der Waals surface area (Å²) in [5.74, 6) is 0.407. The van der Waals surface area contributed by atoms with Crippen LogP contribution in [-0.4, -0.2) is 37.0 Å². The van der Waals surface area contributed by atoms with E-state index in [-0.39, 0.29) is 5.91 Å². The van der Waals surface area contributed by atoms with Crippen LogP contribution in [0.2, 0.25) is 0 Å². The molecule has 3 heterocycles. The Bertz CT molecular complexity index is 905. The highest BCUT2D eigenvalue weighted by molar-refractivity contribution is 6.05. The van der Waals surface area contributed by atoms with Gasteiger partial charge in [-0.25, -0.2) is 4.98 Å². The Balaban J connectivity index is 1.54. The number of amides is 1. The van der Waals surface area contributed by atoms with Gasteiger partial charge in [0.05, 0.1) is 29.4 Å². The van der Waals surface area contributed by atoms with E-state index in [9.17, 15) is 4.79 Å². The smallest absolute Gasteiger partial charge is 0.252 e. The van der Waals surface area contributed by atoms with E-state index in [1.807, 2.05) is 37.0 Å². The van der Waals surface area contributed by atoms with Crippen molar-refractivity contribution in [2.24, 2.45) is 7.05 Å². The summed E-state index contributed by atoms with van der Waals surface area (Å²) >= 11 is 0. The van der Waals surface area contributed by atoms with Crippen molar-refractivity contribution in [2.75, 3.05) is 6.54 Å². The fourth-order valence-corrected chi connectivity index (χ4v) is 2.88. The van der Waals surface area contributed by atoms with Crippen molar-refractivity contribution in [1.82, 2.24) is 29.9 Å². The van der Waals surface area contributed by atoms with Crippen molar-refractivity contribution in [3.05, 3.63) is 41.5 Å². The number of aromatic nitrogens is 5. The van der Waals surface area contributed by atoms with Crippen LogP contribution in [0.5, 0.6) is 0 Å². The van der Waals surface area contributed by atoms with Crippen LogP contribution in [0.25, 0.3) is 11.0 Å². The largest absolute Gasteiger partial charge is 0.350 e. The van der Waals surface area contributed by atoms with E-state index in [0.717, 1.165) is 35.3 Å². The number of hydrogen-bond acceptors (Lipinski definition) is 4. The Morgan fingerprint density at radius 2 is 2.25 bits per heavy atom. The molecule has 4 rings (SSSR count). The minimum absolute atomic E-state index is 0.0822. The Morgan fingerprint density at radius 1 is 1.42 bits per heavy atom. The van der Waals surface area contributed by atoms with Gasteiger partial charge in [0.15, 0.2) is 5.65 Å². The molecule has 0 spiro atoms. The summed E-state index contributed by atoms with van der Waals surface area (Å²) in [6.07, 6.45) is 5.93. The molecule has 1 amide bonds. The maximum Gasteiger partial charge on any atom is 0.252 e. The van der Waals surface area contributed by atoms with Crippen molar-refractivity contribution >= 4 is 16.9 Å². The van der Waals surface area contributed by atoms with Crippen LogP contribution in [0.15, 0.2) is 24.5 Å². The molecule has 0 bridgehead atoms. The van der Waals surface area contributed by atoms with E-state index in [1.54, 1.807) is 10.9 Å². The zero-order chi connectivity index (χ0) is 16.7. The van der Waals surface area contributed by atoms with Gasteiger partial charge in [-0.05, 0) is 31.9 Å². The van der Waals surface area contributed by atoms with Crippen molar-refractivity contribution in [3.8, 4) is 0 Å². The average molecular weight is 324 g/mol. The highest BCUT2D eigenvalue weighted by Crippen LogP contribution is 2.40. The molecule has 7 heteroatoms. The molecule has 3 aromatic heterocycles. The summed E-state index contributed by atoms with van der Waals surface area (Å²) in [6.45, 7) is 3.13. The number of carbonyl (C=O) groups is 1. The predicted octanol–water partition coefficient (Wildman–Crippen LogP) is 1.78. The first kappa shape index (κ1) is 14.9. The number of pyridine rings is 1. The Labute approximate surface area is 139 Å². The molecule has 0 radical (unpaired) electrons. The number of rotatable bonds is 5. The summed E-state index contributed by atoms with van der Waals surface area (Å²) in [5.41, 5.74) is 3.40. The van der Waals surface area contributed by atoms with Crippen LogP contribution in [-0.2, 0) is 13.6 Å². The SMILES string of the molecule is Cc1ccn(CCNC(=O)c2cc(C3CC3)nc3c2cnn3C)n1. The lowest BCUT2D eigenvalue weighted by Gasteiger charge is -2.08. The van der Waals surface area contributed by atoms with Gasteiger partial charge in [0, 0.05) is 31.4 Å². The average Bonchev–Trinajstić information content (AvgIpc) is 3.25. The van der Waals surface area contributed by atoms with Gasteiger partial charge in [-0.3, -0.25) is 14.2 Å². The fraction of sp³-hybridized carbons (Fsp3) is 0.412.